The summed E-state index contributed by atoms with van der Waals surface area (Å²) in [6.07, 6.45) is 1.00. The quantitative estimate of drug-likeness (QED) is 0.376. The molecule has 0 saturated heterocycles. The first-order chi connectivity index (χ1) is 1.41. The summed E-state index contributed by atoms with van der Waals surface area (Å²) in [4.78, 5) is 0. The van der Waals surface area contributed by atoms with Crippen LogP contribution in [-0.2, 0) is 0 Å². The Kier molecular flexibility index (Phi) is 20.2. The van der Waals surface area contributed by atoms with E-state index in [1.54, 1.807) is 0 Å². The van der Waals surface area contributed by atoms with Crippen molar-refractivity contribution in [1.29, 1.82) is 0 Å². The molecule has 0 spiro atoms. The summed E-state index contributed by atoms with van der Waals surface area (Å²) in [5.74, 6) is 0. The second kappa shape index (κ2) is 8.82. The van der Waals surface area contributed by atoms with Crippen LogP contribution >= 0.6 is 0 Å². The Morgan fingerprint density at radius 1 is 1.75 bits per heavy atom. The van der Waals surface area contributed by atoms with E-state index in [1.807, 2.05) is 6.92 Å². The second-order valence-electron chi connectivity index (χ2n) is 0.500. The molecule has 0 fully saturated rings. The third-order valence-corrected chi connectivity index (χ3v) is 0. The van der Waals surface area contributed by atoms with Gasteiger partial charge in [0.2, 0.25) is 0 Å². The molecular weight excluding hydrogens is 75.1 g/mol. The molecule has 0 amide bonds. The van der Waals surface area contributed by atoms with Gasteiger partial charge in [-0.25, -0.2) is 0 Å². The molecule has 0 aromatic heterocycles. The van der Waals surface area contributed by atoms with Gasteiger partial charge in [-0.2, -0.15) is 0 Å². The van der Waals surface area contributed by atoms with Crippen molar-refractivity contribution >= 4 is 51.4 Å². The monoisotopic (exact) mass is 83.0 g/mol. The van der Waals surface area contributed by atoms with Gasteiger partial charge in [-0.1, -0.05) is 20.3 Å². The molecule has 0 atom stereocenters. The second-order valence-corrected chi connectivity index (χ2v) is 0.500. The van der Waals surface area contributed by atoms with E-state index < -0.39 is 0 Å². The van der Waals surface area contributed by atoms with Gasteiger partial charge in [0.1, 0.15) is 0 Å². The van der Waals surface area contributed by atoms with Crippen LogP contribution in [-0.4, -0.2) is 51.4 Å². The maximum absolute atomic E-state index is 3.49. The molecule has 0 bridgehead atoms. The van der Waals surface area contributed by atoms with Crippen LogP contribution in [0.25, 0.3) is 0 Å². The Morgan fingerprint density at radius 2 is 1.75 bits per heavy atom. The van der Waals surface area contributed by atoms with Crippen molar-refractivity contribution in [2.24, 2.45) is 0 Å². The molecule has 0 aromatic carbocycles. The molecular formula is C3H8K. The Bertz CT molecular complexity index is 3.25. The zero-order valence-corrected chi connectivity index (χ0v) is 2.41. The summed E-state index contributed by atoms with van der Waals surface area (Å²) in [6, 6.07) is 0. The normalized spacial score (nSPS) is 4.50. The van der Waals surface area contributed by atoms with Crippen LogP contribution in [0.1, 0.15) is 13.3 Å². The van der Waals surface area contributed by atoms with E-state index in [0.29, 0.717) is 0 Å². The fraction of sp³-hybridized carbons (Fsp3) is 0.667. The molecule has 0 aliphatic heterocycles. The minimum atomic E-state index is 0. The molecule has 0 aliphatic rings. The van der Waals surface area contributed by atoms with E-state index in [9.17, 15) is 0 Å². The van der Waals surface area contributed by atoms with Gasteiger partial charge in [0.05, 0.1) is 0 Å². The number of hydrogen-bond donors (Lipinski definition) is 0. The average molecular weight is 83.2 g/mol. The molecule has 0 N–H and O–H groups in total. The van der Waals surface area contributed by atoms with Crippen LogP contribution in [0, 0.1) is 6.92 Å². The van der Waals surface area contributed by atoms with Gasteiger partial charge in [0.15, 0.2) is 0 Å². The van der Waals surface area contributed by atoms with Crippen LogP contribution in [0.5, 0.6) is 0 Å². The number of hydrogen-bond acceptors (Lipinski definition) is 0. The first kappa shape index (κ1) is 9.16. The van der Waals surface area contributed by atoms with E-state index in [1.165, 1.54) is 0 Å². The van der Waals surface area contributed by atoms with Gasteiger partial charge in [-0.15, -0.1) is 0 Å². The van der Waals surface area contributed by atoms with Crippen molar-refractivity contribution in [1.82, 2.24) is 0 Å². The predicted octanol–water partition coefficient (Wildman–Crippen LogP) is 0.582. The molecule has 0 nitrogen and oxygen atoms in total. The van der Waals surface area contributed by atoms with Gasteiger partial charge < -0.3 is 0 Å². The average Bonchev–Trinajstić information content (AvgIpc) is 0.918. The van der Waals surface area contributed by atoms with Gasteiger partial charge >= 0.3 is 51.4 Å². The molecule has 0 heterocycles. The van der Waals surface area contributed by atoms with Crippen molar-refractivity contribution in [3.05, 3.63) is 6.92 Å². The Labute approximate surface area is 70.4 Å². The topological polar surface area (TPSA) is 0 Å². The first-order valence-corrected chi connectivity index (χ1v) is 1.21. The van der Waals surface area contributed by atoms with Gasteiger partial charge in [0.25, 0.3) is 0 Å². The molecule has 0 aromatic rings. The maximum atomic E-state index is 3.49. The van der Waals surface area contributed by atoms with Crippen molar-refractivity contribution in [2.45, 2.75) is 13.3 Å². The summed E-state index contributed by atoms with van der Waals surface area (Å²) in [5, 5.41) is 0. The zero-order valence-electron chi connectivity index (χ0n) is 2.41. The summed E-state index contributed by atoms with van der Waals surface area (Å²) < 4.78 is 0. The fourth-order valence-corrected chi connectivity index (χ4v) is 0. The molecule has 4 heavy (non-hydrogen) atoms. The van der Waals surface area contributed by atoms with Crippen LogP contribution in [0.15, 0.2) is 0 Å². The van der Waals surface area contributed by atoms with E-state index in [4.69, 9.17) is 0 Å². The number of rotatable bonds is 0. The van der Waals surface area contributed by atoms with E-state index in [0.717, 1.165) is 6.42 Å². The predicted molar refractivity (Wildman–Crippen MR) is 22.8 cm³/mol. The molecule has 0 saturated carbocycles. The Hall–Kier alpha value is 1.64. The van der Waals surface area contributed by atoms with Crippen LogP contribution in [0.3, 0.4) is 0 Å². The minimum absolute atomic E-state index is 0. The SMILES string of the molecule is [CH2]CC.[KH]. The standard InChI is InChI=1S/C3H7.K.H/c1-3-2;;/h1,3H2,2H3;;. The summed E-state index contributed by atoms with van der Waals surface area (Å²) in [6.45, 7) is 5.50. The summed E-state index contributed by atoms with van der Waals surface area (Å²) in [7, 11) is 0. The van der Waals surface area contributed by atoms with E-state index >= 15 is 0 Å². The van der Waals surface area contributed by atoms with Crippen LogP contribution in [0.4, 0.5) is 0 Å². The van der Waals surface area contributed by atoms with Crippen LogP contribution < -0.4 is 0 Å². The van der Waals surface area contributed by atoms with Crippen molar-refractivity contribution in [2.75, 3.05) is 0 Å². The third-order valence-electron chi connectivity index (χ3n) is 0. The Morgan fingerprint density at radius 3 is 1.75 bits per heavy atom. The Balaban J connectivity index is 0. The zero-order chi connectivity index (χ0) is 2.71. The van der Waals surface area contributed by atoms with E-state index in [2.05, 4.69) is 6.92 Å². The van der Waals surface area contributed by atoms with Gasteiger partial charge in [-0.3, -0.25) is 0 Å². The fourth-order valence-electron chi connectivity index (χ4n) is 0. The summed E-state index contributed by atoms with van der Waals surface area (Å²) >= 11 is 0. The van der Waals surface area contributed by atoms with Crippen LogP contribution in [0.2, 0.25) is 0 Å². The molecule has 0 unspecified atom stereocenters. The van der Waals surface area contributed by atoms with Crippen molar-refractivity contribution in [3.63, 3.8) is 0 Å². The molecule has 0 aliphatic carbocycles. The molecule has 1 heteroatoms. The van der Waals surface area contributed by atoms with E-state index in [-0.39, 0.29) is 51.4 Å². The van der Waals surface area contributed by atoms with Gasteiger partial charge in [-0.05, 0) is 0 Å². The third kappa shape index (κ3) is 9.44. The molecule has 21 valence electrons. The first-order valence-electron chi connectivity index (χ1n) is 1.21. The molecule has 0 rings (SSSR count). The summed E-state index contributed by atoms with van der Waals surface area (Å²) in [5.41, 5.74) is 0. The van der Waals surface area contributed by atoms with Crippen molar-refractivity contribution < 1.29 is 0 Å². The molecule has 1 radical (unpaired) electrons. The van der Waals surface area contributed by atoms with Gasteiger partial charge in [0, 0.05) is 0 Å². The van der Waals surface area contributed by atoms with Crippen molar-refractivity contribution in [3.8, 4) is 0 Å².